The lowest BCUT2D eigenvalue weighted by Gasteiger charge is -2.26. The van der Waals surface area contributed by atoms with Crippen molar-refractivity contribution in [1.82, 2.24) is 9.88 Å². The van der Waals surface area contributed by atoms with E-state index in [1.54, 1.807) is 6.20 Å². The van der Waals surface area contributed by atoms with E-state index in [0.717, 1.165) is 61.0 Å². The van der Waals surface area contributed by atoms with E-state index in [0.29, 0.717) is 31.8 Å². The first-order valence-electron chi connectivity index (χ1n) is 12.5. The average molecular weight is 493 g/mol. The summed E-state index contributed by atoms with van der Waals surface area (Å²) >= 11 is 0. The van der Waals surface area contributed by atoms with E-state index in [1.807, 2.05) is 49.4 Å². The zero-order valence-corrected chi connectivity index (χ0v) is 20.7. The number of nitrogens with zero attached hydrogens (tertiary/aromatic N) is 2. The molecule has 1 aromatic heterocycles. The predicted octanol–water partition coefficient (Wildman–Crippen LogP) is 4.74. The predicted molar refractivity (Wildman–Crippen MR) is 137 cm³/mol. The van der Waals surface area contributed by atoms with Crippen molar-refractivity contribution in [2.24, 2.45) is 0 Å². The lowest BCUT2D eigenvalue weighted by Crippen LogP contribution is -2.38. The minimum atomic E-state index is -0.354. The first-order valence-corrected chi connectivity index (χ1v) is 12.5. The molecule has 0 bridgehead atoms. The molecule has 0 radical (unpaired) electrons. The normalized spacial score (nSPS) is 13.9. The monoisotopic (exact) mass is 492 g/mol. The summed E-state index contributed by atoms with van der Waals surface area (Å²) in [4.78, 5) is 19.3. The van der Waals surface area contributed by atoms with Gasteiger partial charge in [0, 0.05) is 56.0 Å². The Balaban J connectivity index is 1.25. The van der Waals surface area contributed by atoms with E-state index in [9.17, 15) is 9.18 Å². The summed E-state index contributed by atoms with van der Waals surface area (Å²) in [6.07, 6.45) is 2.81. The van der Waals surface area contributed by atoms with Gasteiger partial charge in [-0.05, 0) is 54.8 Å². The van der Waals surface area contributed by atoms with Crippen LogP contribution in [-0.2, 0) is 22.4 Å². The van der Waals surface area contributed by atoms with Crippen LogP contribution in [0, 0.1) is 5.82 Å². The Bertz CT molecular complexity index is 1110. The third-order valence-electron chi connectivity index (χ3n) is 6.11. The number of ether oxygens (including phenoxy) is 3. The molecule has 0 saturated carbocycles. The van der Waals surface area contributed by atoms with E-state index in [4.69, 9.17) is 14.2 Å². The lowest BCUT2D eigenvalue weighted by atomic mass is 10.0. The summed E-state index contributed by atoms with van der Waals surface area (Å²) in [6, 6.07) is 16.4. The van der Waals surface area contributed by atoms with Gasteiger partial charge in [0.1, 0.15) is 29.7 Å². The number of halogens is 1. The molecule has 0 aliphatic carbocycles. The summed E-state index contributed by atoms with van der Waals surface area (Å²) in [5.74, 6) is 1.04. The van der Waals surface area contributed by atoms with E-state index in [1.165, 1.54) is 12.1 Å². The second-order valence-corrected chi connectivity index (χ2v) is 8.81. The van der Waals surface area contributed by atoms with Crippen LogP contribution in [0.1, 0.15) is 24.6 Å². The molecular formula is C29H33FN2O4. The summed E-state index contributed by atoms with van der Waals surface area (Å²) in [6.45, 7) is 7.10. The number of morpholine rings is 1. The number of hydrogen-bond acceptors (Lipinski definition) is 6. The molecule has 0 amide bonds. The van der Waals surface area contributed by atoms with E-state index < -0.39 is 0 Å². The van der Waals surface area contributed by atoms with Crippen LogP contribution in [0.25, 0.3) is 11.1 Å². The smallest absolute Gasteiger partial charge is 0.139 e. The fourth-order valence-electron chi connectivity index (χ4n) is 4.15. The van der Waals surface area contributed by atoms with Crippen LogP contribution in [0.2, 0.25) is 0 Å². The number of benzene rings is 2. The van der Waals surface area contributed by atoms with Gasteiger partial charge in [0.15, 0.2) is 0 Å². The highest BCUT2D eigenvalue weighted by Gasteiger charge is 2.11. The summed E-state index contributed by atoms with van der Waals surface area (Å²) in [7, 11) is 0. The standard InChI is InChI=1S/C29H33FN2O4/c1-2-35-28-9-5-23(6-10-28)24-4-7-26(31-21-24)20-27(33)8-3-22-17-25(30)19-29(18-22)36-16-13-32-11-14-34-15-12-32/h4-7,9-10,17-19,21H,2-3,8,11-16,20H2,1H3. The van der Waals surface area contributed by atoms with Gasteiger partial charge in [0.25, 0.3) is 0 Å². The highest BCUT2D eigenvalue weighted by atomic mass is 19.1. The lowest BCUT2D eigenvalue weighted by molar-refractivity contribution is -0.118. The Kier molecular flexibility index (Phi) is 9.41. The average Bonchev–Trinajstić information content (AvgIpc) is 2.89. The van der Waals surface area contributed by atoms with Gasteiger partial charge in [0.2, 0.25) is 0 Å². The summed E-state index contributed by atoms with van der Waals surface area (Å²) in [5.41, 5.74) is 3.50. The molecule has 1 saturated heterocycles. The van der Waals surface area contributed by atoms with Crippen LogP contribution in [-0.4, -0.2) is 61.7 Å². The SMILES string of the molecule is CCOc1ccc(-c2ccc(CC(=O)CCc3cc(F)cc(OCCN4CCOCC4)c3)nc2)cc1. The van der Waals surface area contributed by atoms with Crippen molar-refractivity contribution in [3.05, 3.63) is 77.9 Å². The number of Topliss-reactive ketones (excluding diaryl/α,β-unsaturated/α-hetero) is 1. The number of ketones is 1. The van der Waals surface area contributed by atoms with Gasteiger partial charge in [0.05, 0.1) is 19.8 Å². The molecule has 4 rings (SSSR count). The zero-order valence-electron chi connectivity index (χ0n) is 20.7. The zero-order chi connectivity index (χ0) is 25.2. The molecule has 2 aromatic carbocycles. The molecule has 3 aromatic rings. The van der Waals surface area contributed by atoms with Crippen LogP contribution in [0.4, 0.5) is 4.39 Å². The summed E-state index contributed by atoms with van der Waals surface area (Å²) < 4.78 is 30.7. The molecule has 0 N–H and O–H groups in total. The first-order chi connectivity index (χ1) is 17.6. The molecule has 1 aliphatic rings. The van der Waals surface area contributed by atoms with Crippen LogP contribution in [0.5, 0.6) is 11.5 Å². The number of pyridine rings is 1. The van der Waals surface area contributed by atoms with Gasteiger partial charge >= 0.3 is 0 Å². The van der Waals surface area contributed by atoms with Gasteiger partial charge in [-0.25, -0.2) is 4.39 Å². The van der Waals surface area contributed by atoms with Crippen molar-refractivity contribution < 1.29 is 23.4 Å². The number of hydrogen-bond donors (Lipinski definition) is 0. The summed E-state index contributed by atoms with van der Waals surface area (Å²) in [5, 5.41) is 0. The molecule has 1 aliphatic heterocycles. The second kappa shape index (κ2) is 13.1. The largest absolute Gasteiger partial charge is 0.494 e. The van der Waals surface area contributed by atoms with Gasteiger partial charge in [-0.15, -0.1) is 0 Å². The number of aromatic nitrogens is 1. The number of rotatable bonds is 12. The minimum absolute atomic E-state index is 0.0652. The van der Waals surface area contributed by atoms with Crippen LogP contribution in [0.3, 0.4) is 0 Å². The van der Waals surface area contributed by atoms with Crippen molar-refractivity contribution in [2.45, 2.75) is 26.2 Å². The highest BCUT2D eigenvalue weighted by Crippen LogP contribution is 2.22. The van der Waals surface area contributed by atoms with Crippen molar-refractivity contribution >= 4 is 5.78 Å². The molecular weight excluding hydrogens is 459 g/mol. The molecule has 36 heavy (non-hydrogen) atoms. The highest BCUT2D eigenvalue weighted by molar-refractivity contribution is 5.80. The van der Waals surface area contributed by atoms with Crippen molar-refractivity contribution in [2.75, 3.05) is 46.1 Å². The third kappa shape index (κ3) is 7.86. The third-order valence-corrected chi connectivity index (χ3v) is 6.11. The molecule has 7 heteroatoms. The number of carbonyl (C=O) groups is 1. The second-order valence-electron chi connectivity index (χ2n) is 8.81. The maximum Gasteiger partial charge on any atom is 0.139 e. The maximum atomic E-state index is 14.1. The minimum Gasteiger partial charge on any atom is -0.494 e. The van der Waals surface area contributed by atoms with Crippen molar-refractivity contribution in [3.63, 3.8) is 0 Å². The van der Waals surface area contributed by atoms with E-state index in [2.05, 4.69) is 9.88 Å². The Morgan fingerprint density at radius 3 is 2.50 bits per heavy atom. The Labute approximate surface area is 212 Å². The van der Waals surface area contributed by atoms with Crippen LogP contribution in [0.15, 0.2) is 60.8 Å². The quantitative estimate of drug-likeness (QED) is 0.364. The Morgan fingerprint density at radius 1 is 1.00 bits per heavy atom. The molecule has 0 unspecified atom stereocenters. The molecule has 0 spiro atoms. The Hall–Kier alpha value is -3.29. The Morgan fingerprint density at radius 2 is 1.78 bits per heavy atom. The van der Waals surface area contributed by atoms with Gasteiger partial charge in [-0.1, -0.05) is 18.2 Å². The topological polar surface area (TPSA) is 60.9 Å². The van der Waals surface area contributed by atoms with E-state index >= 15 is 0 Å². The molecule has 1 fully saturated rings. The number of aryl methyl sites for hydroxylation is 1. The number of carbonyl (C=O) groups excluding carboxylic acids is 1. The molecule has 190 valence electrons. The first kappa shape index (κ1) is 25.8. The van der Waals surface area contributed by atoms with Crippen LogP contribution >= 0.6 is 0 Å². The van der Waals surface area contributed by atoms with Gasteiger partial charge in [-0.3, -0.25) is 14.7 Å². The maximum absolute atomic E-state index is 14.1. The fraction of sp³-hybridized carbons (Fsp3) is 0.379. The molecule has 0 atom stereocenters. The fourth-order valence-corrected chi connectivity index (χ4v) is 4.15. The molecule has 2 heterocycles. The van der Waals surface area contributed by atoms with Gasteiger partial charge in [-0.2, -0.15) is 0 Å². The molecule has 6 nitrogen and oxygen atoms in total. The van der Waals surface area contributed by atoms with Crippen molar-refractivity contribution in [3.8, 4) is 22.6 Å². The van der Waals surface area contributed by atoms with Crippen molar-refractivity contribution in [1.29, 1.82) is 0 Å². The van der Waals surface area contributed by atoms with E-state index in [-0.39, 0.29) is 18.0 Å². The van der Waals surface area contributed by atoms with Crippen LogP contribution < -0.4 is 9.47 Å². The van der Waals surface area contributed by atoms with Gasteiger partial charge < -0.3 is 14.2 Å².